The third-order valence-electron chi connectivity index (χ3n) is 2.27. The van der Waals surface area contributed by atoms with Crippen molar-refractivity contribution in [2.24, 2.45) is 0 Å². The second-order valence-corrected chi connectivity index (χ2v) is 3.82. The maximum Gasteiger partial charge on any atom is 0.297 e. The summed E-state index contributed by atoms with van der Waals surface area (Å²) in [6.45, 7) is 1.70. The molecule has 0 bridgehead atoms. The van der Waals surface area contributed by atoms with Gasteiger partial charge in [-0.3, -0.25) is 4.98 Å². The summed E-state index contributed by atoms with van der Waals surface area (Å²) in [5, 5.41) is 0. The van der Waals surface area contributed by atoms with Crippen LogP contribution in [0.3, 0.4) is 0 Å². The van der Waals surface area contributed by atoms with E-state index in [2.05, 4.69) is 15.0 Å². The van der Waals surface area contributed by atoms with Crippen LogP contribution in [0.1, 0.15) is 5.56 Å². The van der Waals surface area contributed by atoms with E-state index >= 15 is 0 Å². The SMILES string of the molecule is COc1nc(=S)nc(-c2ccc(C)c(F)c2)[nH]1. The van der Waals surface area contributed by atoms with Crippen molar-refractivity contribution in [1.82, 2.24) is 15.0 Å². The molecule has 0 fully saturated rings. The van der Waals surface area contributed by atoms with Crippen molar-refractivity contribution < 1.29 is 9.13 Å². The van der Waals surface area contributed by atoms with Crippen molar-refractivity contribution in [1.29, 1.82) is 0 Å². The summed E-state index contributed by atoms with van der Waals surface area (Å²) < 4.78 is 18.5. The van der Waals surface area contributed by atoms with Crippen LogP contribution in [0.15, 0.2) is 18.2 Å². The second-order valence-electron chi connectivity index (χ2n) is 3.45. The number of methoxy groups -OCH3 is 1. The molecule has 17 heavy (non-hydrogen) atoms. The number of aromatic nitrogens is 3. The van der Waals surface area contributed by atoms with Crippen molar-refractivity contribution in [2.75, 3.05) is 7.11 Å². The Morgan fingerprint density at radius 2 is 2.12 bits per heavy atom. The van der Waals surface area contributed by atoms with Crippen LogP contribution in [-0.2, 0) is 0 Å². The highest BCUT2D eigenvalue weighted by Crippen LogP contribution is 2.19. The lowest BCUT2D eigenvalue weighted by atomic mass is 10.1. The van der Waals surface area contributed by atoms with Gasteiger partial charge in [0.05, 0.1) is 7.11 Å². The Bertz CT molecular complexity index is 612. The van der Waals surface area contributed by atoms with Crippen molar-refractivity contribution in [3.8, 4) is 17.4 Å². The molecule has 0 atom stereocenters. The zero-order chi connectivity index (χ0) is 12.4. The van der Waals surface area contributed by atoms with Gasteiger partial charge in [-0.15, -0.1) is 0 Å². The molecular weight excluding hydrogens is 241 g/mol. The highest BCUT2D eigenvalue weighted by atomic mass is 32.1. The molecule has 0 saturated heterocycles. The minimum Gasteiger partial charge on any atom is -0.468 e. The van der Waals surface area contributed by atoms with Crippen LogP contribution in [-0.4, -0.2) is 22.1 Å². The Kier molecular flexibility index (Phi) is 3.14. The number of hydrogen-bond acceptors (Lipinski definition) is 4. The Labute approximate surface area is 103 Å². The summed E-state index contributed by atoms with van der Waals surface area (Å²) in [6.07, 6.45) is 0. The quantitative estimate of drug-likeness (QED) is 0.834. The summed E-state index contributed by atoms with van der Waals surface area (Å²) in [6, 6.07) is 5.07. The molecule has 0 aliphatic heterocycles. The second kappa shape index (κ2) is 4.58. The van der Waals surface area contributed by atoms with Crippen molar-refractivity contribution in [3.63, 3.8) is 0 Å². The van der Waals surface area contributed by atoms with Gasteiger partial charge < -0.3 is 4.74 Å². The van der Waals surface area contributed by atoms with Gasteiger partial charge in [0.25, 0.3) is 6.01 Å². The number of nitrogens with one attached hydrogen (secondary N) is 1. The molecule has 0 amide bonds. The molecule has 2 aromatic rings. The van der Waals surface area contributed by atoms with Gasteiger partial charge in [-0.25, -0.2) is 9.37 Å². The van der Waals surface area contributed by atoms with Crippen molar-refractivity contribution in [3.05, 3.63) is 34.4 Å². The van der Waals surface area contributed by atoms with Gasteiger partial charge in [0.15, 0.2) is 0 Å². The van der Waals surface area contributed by atoms with Gasteiger partial charge in [0.1, 0.15) is 11.6 Å². The predicted molar refractivity (Wildman–Crippen MR) is 63.9 cm³/mol. The minimum absolute atomic E-state index is 0.150. The average Bonchev–Trinajstić information content (AvgIpc) is 2.32. The molecule has 88 valence electrons. The molecule has 6 heteroatoms. The number of nitrogens with zero attached hydrogens (tertiary/aromatic N) is 2. The Hall–Kier alpha value is -1.82. The van der Waals surface area contributed by atoms with Crippen LogP contribution in [0.4, 0.5) is 4.39 Å². The summed E-state index contributed by atoms with van der Waals surface area (Å²) in [5.74, 6) is 0.139. The van der Waals surface area contributed by atoms with Crippen LogP contribution < -0.4 is 4.74 Å². The molecule has 1 heterocycles. The highest BCUT2D eigenvalue weighted by molar-refractivity contribution is 7.71. The molecular formula is C11H10FN3OS. The topological polar surface area (TPSA) is 50.8 Å². The molecule has 0 spiro atoms. The zero-order valence-corrected chi connectivity index (χ0v) is 10.1. The van der Waals surface area contributed by atoms with Gasteiger partial charge in [0.2, 0.25) is 4.77 Å². The zero-order valence-electron chi connectivity index (χ0n) is 9.32. The molecule has 0 radical (unpaired) electrons. The summed E-state index contributed by atoms with van der Waals surface area (Å²) in [4.78, 5) is 10.7. The monoisotopic (exact) mass is 251 g/mol. The maximum atomic E-state index is 13.4. The van der Waals surface area contributed by atoms with Gasteiger partial charge in [0, 0.05) is 5.56 Å². The van der Waals surface area contributed by atoms with E-state index in [4.69, 9.17) is 17.0 Å². The average molecular weight is 251 g/mol. The third-order valence-corrected chi connectivity index (χ3v) is 2.45. The first-order chi connectivity index (χ1) is 8.10. The van der Waals surface area contributed by atoms with E-state index in [0.29, 0.717) is 17.0 Å². The molecule has 0 unspecified atom stereocenters. The molecule has 0 aliphatic carbocycles. The van der Waals surface area contributed by atoms with Gasteiger partial charge >= 0.3 is 0 Å². The number of H-pyrrole nitrogens is 1. The Morgan fingerprint density at radius 1 is 1.35 bits per heavy atom. The fourth-order valence-corrected chi connectivity index (χ4v) is 1.51. The third kappa shape index (κ3) is 2.47. The van der Waals surface area contributed by atoms with Crippen LogP contribution in [0.5, 0.6) is 6.01 Å². The number of ether oxygens (including phenoxy) is 1. The van der Waals surface area contributed by atoms with E-state index in [1.54, 1.807) is 19.1 Å². The first kappa shape index (κ1) is 11.7. The normalized spacial score (nSPS) is 10.3. The van der Waals surface area contributed by atoms with Crippen molar-refractivity contribution >= 4 is 12.2 Å². The van der Waals surface area contributed by atoms with Crippen LogP contribution >= 0.6 is 12.2 Å². The van der Waals surface area contributed by atoms with E-state index < -0.39 is 0 Å². The molecule has 1 aromatic heterocycles. The van der Waals surface area contributed by atoms with Gasteiger partial charge in [-0.05, 0) is 30.8 Å². The van der Waals surface area contributed by atoms with Gasteiger partial charge in [-0.2, -0.15) is 4.98 Å². The molecule has 2 rings (SSSR count). The summed E-state index contributed by atoms with van der Waals surface area (Å²) in [7, 11) is 1.47. The number of benzene rings is 1. The van der Waals surface area contributed by atoms with Crippen LogP contribution in [0, 0.1) is 17.5 Å². The number of aryl methyl sites for hydroxylation is 1. The predicted octanol–water partition coefficient (Wildman–Crippen LogP) is 2.66. The lowest BCUT2D eigenvalue weighted by Crippen LogP contribution is -1.98. The van der Waals surface area contributed by atoms with E-state index in [-0.39, 0.29) is 16.6 Å². The van der Waals surface area contributed by atoms with Crippen molar-refractivity contribution in [2.45, 2.75) is 6.92 Å². The van der Waals surface area contributed by atoms with E-state index in [9.17, 15) is 4.39 Å². The molecule has 0 saturated carbocycles. The Balaban J connectivity index is 2.55. The summed E-state index contributed by atoms with van der Waals surface area (Å²) >= 11 is 4.90. The highest BCUT2D eigenvalue weighted by Gasteiger charge is 2.06. The molecule has 4 nitrogen and oxygen atoms in total. The Morgan fingerprint density at radius 3 is 2.76 bits per heavy atom. The largest absolute Gasteiger partial charge is 0.468 e. The van der Waals surface area contributed by atoms with E-state index in [1.807, 2.05) is 0 Å². The number of hydrogen-bond donors (Lipinski definition) is 1. The minimum atomic E-state index is -0.292. The van der Waals surface area contributed by atoms with E-state index in [1.165, 1.54) is 13.2 Å². The van der Waals surface area contributed by atoms with E-state index in [0.717, 1.165) is 0 Å². The fraction of sp³-hybridized carbons (Fsp3) is 0.182. The first-order valence-electron chi connectivity index (χ1n) is 4.89. The maximum absolute atomic E-state index is 13.4. The van der Waals surface area contributed by atoms with Crippen LogP contribution in [0.25, 0.3) is 11.4 Å². The number of aromatic amines is 1. The fourth-order valence-electron chi connectivity index (χ4n) is 1.34. The lowest BCUT2D eigenvalue weighted by molar-refractivity contribution is 0.378. The van der Waals surface area contributed by atoms with Gasteiger partial charge in [-0.1, -0.05) is 12.1 Å². The molecule has 0 aliphatic rings. The molecule has 1 N–H and O–H groups in total. The number of rotatable bonds is 2. The molecule has 1 aromatic carbocycles. The first-order valence-corrected chi connectivity index (χ1v) is 5.30. The standard InChI is InChI=1S/C11H10FN3OS/c1-6-3-4-7(5-8(6)12)9-13-10(16-2)15-11(17)14-9/h3-5H,1-2H3,(H,13,14,15,17). The lowest BCUT2D eigenvalue weighted by Gasteiger charge is -2.04. The smallest absolute Gasteiger partial charge is 0.297 e. The number of halogens is 1. The summed E-state index contributed by atoms with van der Waals surface area (Å²) in [5.41, 5.74) is 1.17. The van der Waals surface area contributed by atoms with Crippen LogP contribution in [0.2, 0.25) is 0 Å².